The third-order valence-corrected chi connectivity index (χ3v) is 4.87. The van der Waals surface area contributed by atoms with E-state index in [0.29, 0.717) is 11.3 Å². The van der Waals surface area contributed by atoms with Crippen molar-refractivity contribution in [3.63, 3.8) is 0 Å². The Kier molecular flexibility index (Phi) is 7.44. The number of nitrogens with one attached hydrogen (secondary N) is 1. The number of anilines is 1. The number of carbonyl (C=O) groups is 3. The summed E-state index contributed by atoms with van der Waals surface area (Å²) in [7, 11) is 1.24. The molecule has 0 radical (unpaired) electrons. The van der Waals surface area contributed by atoms with Crippen LogP contribution >= 0.6 is 0 Å². The number of rotatable bonds is 8. The molecule has 0 saturated heterocycles. The highest BCUT2D eigenvalue weighted by molar-refractivity contribution is 6.03. The van der Waals surface area contributed by atoms with Gasteiger partial charge in [-0.1, -0.05) is 13.8 Å². The highest BCUT2D eigenvalue weighted by Crippen LogP contribution is 2.20. The fraction of sp³-hybridized carbons (Fsp3) is 0.476. The Morgan fingerprint density at radius 2 is 1.69 bits per heavy atom. The van der Waals surface area contributed by atoms with Crippen LogP contribution in [0.25, 0.3) is 0 Å². The van der Waals surface area contributed by atoms with E-state index in [0.717, 1.165) is 9.13 Å². The molecule has 0 bridgehead atoms. The van der Waals surface area contributed by atoms with E-state index in [1.165, 1.54) is 7.05 Å². The number of carbonyl (C=O) groups excluding carboxylic acids is 3. The largest absolute Gasteiger partial charge is 0.461 e. The summed E-state index contributed by atoms with van der Waals surface area (Å²) in [6.45, 7) is 8.09. The van der Waals surface area contributed by atoms with Crippen LogP contribution in [-0.4, -0.2) is 45.1 Å². The summed E-state index contributed by atoms with van der Waals surface area (Å²) >= 11 is 0. The van der Waals surface area contributed by atoms with E-state index >= 15 is 0 Å². The SMILES string of the molecule is CCOC(=O)c1[nH]c(C)c(C(=O)OCC(=O)c2c(N)n(CC(C)C)c(=O)n(C)c2=O)c1C. The van der Waals surface area contributed by atoms with Gasteiger partial charge in [-0.15, -0.1) is 0 Å². The molecule has 0 fully saturated rings. The zero-order chi connectivity index (χ0) is 24.3. The number of hydrogen-bond acceptors (Lipinski definition) is 8. The van der Waals surface area contributed by atoms with E-state index in [2.05, 4.69) is 4.98 Å². The minimum Gasteiger partial charge on any atom is -0.461 e. The number of ketones is 1. The maximum Gasteiger partial charge on any atom is 0.355 e. The van der Waals surface area contributed by atoms with Crippen molar-refractivity contribution < 1.29 is 23.9 Å². The van der Waals surface area contributed by atoms with E-state index < -0.39 is 41.1 Å². The van der Waals surface area contributed by atoms with Gasteiger partial charge in [-0.3, -0.25) is 18.7 Å². The molecule has 0 spiro atoms. The van der Waals surface area contributed by atoms with Gasteiger partial charge in [0.15, 0.2) is 6.61 Å². The number of aromatic amines is 1. The molecule has 0 aliphatic rings. The van der Waals surface area contributed by atoms with Crippen molar-refractivity contribution in [2.24, 2.45) is 13.0 Å². The third-order valence-electron chi connectivity index (χ3n) is 4.87. The maximum absolute atomic E-state index is 12.7. The molecule has 2 rings (SSSR count). The van der Waals surface area contributed by atoms with Gasteiger partial charge in [0.2, 0.25) is 5.78 Å². The molecule has 0 amide bonds. The van der Waals surface area contributed by atoms with Gasteiger partial charge in [-0.05, 0) is 32.3 Å². The first-order chi connectivity index (χ1) is 14.9. The lowest BCUT2D eigenvalue weighted by atomic mass is 10.1. The van der Waals surface area contributed by atoms with Gasteiger partial charge in [0.25, 0.3) is 5.56 Å². The van der Waals surface area contributed by atoms with Gasteiger partial charge in [0, 0.05) is 19.3 Å². The number of nitrogens with two attached hydrogens (primary N) is 1. The number of hydrogen-bond donors (Lipinski definition) is 2. The summed E-state index contributed by atoms with van der Waals surface area (Å²) in [5.74, 6) is -2.56. The monoisotopic (exact) mass is 448 g/mol. The summed E-state index contributed by atoms with van der Waals surface area (Å²) in [5.41, 5.74) is 4.92. The standard InChI is InChI=1S/C21H28N4O7/c1-7-31-20(29)16-11(4)14(12(5)23-16)19(28)32-9-13(26)15-17(22)25(8-10(2)3)21(30)24(6)18(15)27/h10,23H,7-9,22H2,1-6H3. The zero-order valence-electron chi connectivity index (χ0n) is 19.0. The highest BCUT2D eigenvalue weighted by Gasteiger charge is 2.26. The number of esters is 2. The smallest absolute Gasteiger partial charge is 0.355 e. The normalized spacial score (nSPS) is 11.0. The molecule has 0 aromatic carbocycles. The van der Waals surface area contributed by atoms with Gasteiger partial charge in [0.1, 0.15) is 17.1 Å². The number of aromatic nitrogens is 3. The fourth-order valence-electron chi connectivity index (χ4n) is 3.33. The second-order valence-electron chi connectivity index (χ2n) is 7.76. The molecular formula is C21H28N4O7. The first kappa shape index (κ1) is 24.6. The first-order valence-electron chi connectivity index (χ1n) is 10.1. The van der Waals surface area contributed by atoms with Crippen LogP contribution in [-0.2, 0) is 23.1 Å². The van der Waals surface area contributed by atoms with E-state index in [1.54, 1.807) is 20.8 Å². The van der Waals surface area contributed by atoms with Crippen LogP contribution in [0.5, 0.6) is 0 Å². The zero-order valence-corrected chi connectivity index (χ0v) is 19.0. The Hall–Kier alpha value is -3.63. The van der Waals surface area contributed by atoms with Crippen molar-refractivity contribution in [1.29, 1.82) is 0 Å². The average Bonchev–Trinajstić information content (AvgIpc) is 3.02. The van der Waals surface area contributed by atoms with Crippen molar-refractivity contribution in [2.45, 2.75) is 41.2 Å². The third kappa shape index (κ3) is 4.66. The molecule has 0 saturated carbocycles. The molecule has 3 N–H and O–H groups in total. The number of nitrogen functional groups attached to an aromatic ring is 1. The lowest BCUT2D eigenvalue weighted by Crippen LogP contribution is -2.43. The van der Waals surface area contributed by atoms with Crippen LogP contribution in [0.2, 0.25) is 0 Å². The minimum atomic E-state index is -0.868. The van der Waals surface area contributed by atoms with Gasteiger partial charge in [0.05, 0.1) is 12.2 Å². The molecular weight excluding hydrogens is 420 g/mol. The molecule has 0 unspecified atom stereocenters. The lowest BCUT2D eigenvalue weighted by Gasteiger charge is -2.16. The quantitative estimate of drug-likeness (QED) is 0.446. The topological polar surface area (TPSA) is 155 Å². The van der Waals surface area contributed by atoms with Crippen LogP contribution in [0, 0.1) is 19.8 Å². The average molecular weight is 448 g/mol. The van der Waals surface area contributed by atoms with Crippen molar-refractivity contribution in [2.75, 3.05) is 18.9 Å². The molecule has 2 aromatic heterocycles. The second kappa shape index (κ2) is 9.67. The van der Waals surface area contributed by atoms with Gasteiger partial charge >= 0.3 is 17.6 Å². The summed E-state index contributed by atoms with van der Waals surface area (Å²) in [6, 6.07) is 0. The van der Waals surface area contributed by atoms with E-state index in [9.17, 15) is 24.0 Å². The first-order valence-corrected chi connectivity index (χ1v) is 10.1. The Bertz CT molecular complexity index is 1180. The Morgan fingerprint density at radius 1 is 1.06 bits per heavy atom. The van der Waals surface area contributed by atoms with Crippen molar-refractivity contribution >= 4 is 23.5 Å². The van der Waals surface area contributed by atoms with Crippen LogP contribution in [0.4, 0.5) is 5.82 Å². The summed E-state index contributed by atoms with van der Waals surface area (Å²) < 4.78 is 12.0. The summed E-state index contributed by atoms with van der Waals surface area (Å²) in [5, 5.41) is 0. The van der Waals surface area contributed by atoms with Crippen LogP contribution in [0.1, 0.15) is 63.2 Å². The summed E-state index contributed by atoms with van der Waals surface area (Å²) in [6.07, 6.45) is 0. The number of aryl methyl sites for hydroxylation is 1. The van der Waals surface area contributed by atoms with Crippen molar-refractivity contribution in [3.05, 3.63) is 48.9 Å². The highest BCUT2D eigenvalue weighted by atomic mass is 16.5. The Labute approximate surface area is 184 Å². The maximum atomic E-state index is 12.7. The lowest BCUT2D eigenvalue weighted by molar-refractivity contribution is 0.0473. The van der Waals surface area contributed by atoms with E-state index in [-0.39, 0.29) is 36.1 Å². The van der Waals surface area contributed by atoms with Gasteiger partial charge in [-0.2, -0.15) is 0 Å². The second-order valence-corrected chi connectivity index (χ2v) is 7.76. The molecule has 0 aliphatic heterocycles. The van der Waals surface area contributed by atoms with Gasteiger partial charge in [-0.25, -0.2) is 14.4 Å². The van der Waals surface area contributed by atoms with Crippen LogP contribution in [0.3, 0.4) is 0 Å². The summed E-state index contributed by atoms with van der Waals surface area (Å²) in [4.78, 5) is 65.0. The predicted octanol–water partition coefficient (Wildman–Crippen LogP) is 0.947. The molecule has 11 heteroatoms. The predicted molar refractivity (Wildman–Crippen MR) is 116 cm³/mol. The van der Waals surface area contributed by atoms with Gasteiger partial charge < -0.3 is 20.2 Å². The number of H-pyrrole nitrogens is 1. The van der Waals surface area contributed by atoms with Crippen molar-refractivity contribution in [3.8, 4) is 0 Å². The number of ether oxygens (including phenoxy) is 2. The molecule has 174 valence electrons. The molecule has 32 heavy (non-hydrogen) atoms. The Balaban J connectivity index is 2.32. The number of nitrogens with zero attached hydrogens (tertiary/aromatic N) is 2. The molecule has 2 heterocycles. The van der Waals surface area contributed by atoms with E-state index in [4.69, 9.17) is 15.2 Å². The van der Waals surface area contributed by atoms with E-state index in [1.807, 2.05) is 13.8 Å². The van der Waals surface area contributed by atoms with Crippen LogP contribution < -0.4 is 17.0 Å². The molecule has 0 aliphatic carbocycles. The van der Waals surface area contributed by atoms with Crippen molar-refractivity contribution in [1.82, 2.24) is 14.1 Å². The molecule has 2 aromatic rings. The minimum absolute atomic E-state index is 0.0291. The molecule has 0 atom stereocenters. The number of Topliss-reactive ketones (excluding diaryl/α,β-unsaturated/α-hetero) is 1. The van der Waals surface area contributed by atoms with Crippen LogP contribution in [0.15, 0.2) is 9.59 Å². The fourth-order valence-corrected chi connectivity index (χ4v) is 3.33. The Morgan fingerprint density at radius 3 is 2.25 bits per heavy atom. The molecule has 11 nitrogen and oxygen atoms in total.